The van der Waals surface area contributed by atoms with E-state index in [4.69, 9.17) is 20.9 Å². The highest BCUT2D eigenvalue weighted by atomic mass is 16.5. The van der Waals surface area contributed by atoms with Gasteiger partial charge in [0.25, 0.3) is 0 Å². The maximum Gasteiger partial charge on any atom is 0.217 e. The average Bonchev–Trinajstić information content (AvgIpc) is 2.91. The van der Waals surface area contributed by atoms with E-state index in [-0.39, 0.29) is 5.91 Å². The van der Waals surface area contributed by atoms with Crippen LogP contribution < -0.4 is 22.1 Å². The predicted molar refractivity (Wildman–Crippen MR) is 160 cm³/mol. The van der Waals surface area contributed by atoms with Crippen LogP contribution in [-0.2, 0) is 14.3 Å². The van der Waals surface area contributed by atoms with Crippen LogP contribution in [0.1, 0.15) is 79.1 Å². The molecule has 39 heavy (non-hydrogen) atoms. The average molecular weight is 545 g/mol. The third-order valence-electron chi connectivity index (χ3n) is 6.47. The topological polar surface area (TPSA) is 132 Å². The number of aliphatic hydroxyl groups is 1. The molecular weight excluding hydrogens is 492 g/mol. The number of carbonyl (C=O) groups excluding carboxylic acids is 1. The predicted octanol–water partition coefficient (Wildman–Crippen LogP) is 4.81. The summed E-state index contributed by atoms with van der Waals surface area (Å²) in [5, 5.41) is 16.0. The van der Waals surface area contributed by atoms with Crippen LogP contribution >= 0.6 is 0 Å². The zero-order chi connectivity index (χ0) is 29.0. The van der Waals surface area contributed by atoms with Crippen molar-refractivity contribution in [2.24, 2.45) is 17.4 Å². The van der Waals surface area contributed by atoms with Crippen LogP contribution in [0.2, 0.25) is 0 Å². The molecule has 7 N–H and O–H groups in total. The van der Waals surface area contributed by atoms with Crippen molar-refractivity contribution >= 4 is 5.91 Å². The van der Waals surface area contributed by atoms with E-state index in [1.165, 1.54) is 5.57 Å². The number of nitrogens with two attached hydrogens (primary N) is 2. The van der Waals surface area contributed by atoms with Crippen molar-refractivity contribution in [2.45, 2.75) is 85.2 Å². The van der Waals surface area contributed by atoms with Gasteiger partial charge in [0.05, 0.1) is 18.1 Å². The number of allylic oxidation sites excluding steroid dienone is 10. The molecule has 0 saturated carbocycles. The molecule has 2 atom stereocenters. The van der Waals surface area contributed by atoms with E-state index >= 15 is 0 Å². The summed E-state index contributed by atoms with van der Waals surface area (Å²) in [4.78, 5) is 10.5. The third-order valence-corrected chi connectivity index (χ3v) is 6.47. The number of ether oxygens (including phenoxy) is 2. The van der Waals surface area contributed by atoms with E-state index in [1.807, 2.05) is 32.1 Å². The van der Waals surface area contributed by atoms with Crippen molar-refractivity contribution in [3.63, 3.8) is 0 Å². The van der Waals surface area contributed by atoms with Gasteiger partial charge in [0.15, 0.2) is 0 Å². The van der Waals surface area contributed by atoms with Crippen LogP contribution in [-0.4, -0.2) is 43.9 Å². The van der Waals surface area contributed by atoms with Crippen molar-refractivity contribution < 1.29 is 19.4 Å². The molecule has 0 aromatic carbocycles. The Hall–Kier alpha value is -2.97. The molecular formula is C31H52N4O4. The SMILES string of the molecule is C/C=C\C(N)=C(/C)NC1=CCC(C)C(OC[C@@H](O)CNC)=C1.CCC1=CC=C(OCCCCCC(N)=O)CC1. The van der Waals surface area contributed by atoms with Crippen molar-refractivity contribution in [1.82, 2.24) is 10.6 Å². The molecule has 220 valence electrons. The Morgan fingerprint density at radius 2 is 1.97 bits per heavy atom. The fraction of sp³-hybridized carbons (Fsp3) is 0.581. The Morgan fingerprint density at radius 3 is 2.59 bits per heavy atom. The highest BCUT2D eigenvalue weighted by molar-refractivity contribution is 5.73. The second-order valence-electron chi connectivity index (χ2n) is 10.0. The van der Waals surface area contributed by atoms with Gasteiger partial charge in [-0.2, -0.15) is 0 Å². The zero-order valence-corrected chi connectivity index (χ0v) is 24.7. The molecule has 0 aromatic heterocycles. The number of carbonyl (C=O) groups is 1. The van der Waals surface area contributed by atoms with Gasteiger partial charge in [-0.25, -0.2) is 0 Å². The fourth-order valence-electron chi connectivity index (χ4n) is 3.98. The first kappa shape index (κ1) is 34.1. The smallest absolute Gasteiger partial charge is 0.217 e. The highest BCUT2D eigenvalue weighted by Gasteiger charge is 2.17. The Labute approximate surface area is 236 Å². The number of likely N-dealkylation sites (N-methyl/N-ethyl adjacent to an activating group) is 1. The number of hydrogen-bond donors (Lipinski definition) is 5. The molecule has 0 spiro atoms. The first-order chi connectivity index (χ1) is 18.7. The first-order valence-electron chi connectivity index (χ1n) is 14.2. The van der Waals surface area contributed by atoms with Gasteiger partial charge in [-0.15, -0.1) is 0 Å². The molecule has 2 aliphatic carbocycles. The molecule has 0 saturated heterocycles. The monoisotopic (exact) mass is 544 g/mol. The Kier molecular flexibility index (Phi) is 17.5. The van der Waals surface area contributed by atoms with Gasteiger partial charge >= 0.3 is 0 Å². The maximum absolute atomic E-state index is 10.5. The normalized spacial score (nSPS) is 18.5. The van der Waals surface area contributed by atoms with Crippen molar-refractivity contribution in [3.05, 3.63) is 70.6 Å². The van der Waals surface area contributed by atoms with Gasteiger partial charge in [0.2, 0.25) is 5.91 Å². The summed E-state index contributed by atoms with van der Waals surface area (Å²) in [7, 11) is 1.81. The summed E-state index contributed by atoms with van der Waals surface area (Å²) in [5.74, 6) is 2.08. The molecule has 8 nitrogen and oxygen atoms in total. The minimum atomic E-state index is -0.507. The van der Waals surface area contributed by atoms with E-state index in [2.05, 4.69) is 42.7 Å². The summed E-state index contributed by atoms with van der Waals surface area (Å²) in [6, 6.07) is 0. The van der Waals surface area contributed by atoms with Gasteiger partial charge in [0.1, 0.15) is 18.5 Å². The number of nitrogens with one attached hydrogen (secondary N) is 2. The summed E-state index contributed by atoms with van der Waals surface area (Å²) < 4.78 is 11.4. The van der Waals surface area contributed by atoms with Gasteiger partial charge in [-0.05, 0) is 77.6 Å². The number of primary amides is 1. The van der Waals surface area contributed by atoms with E-state index < -0.39 is 6.10 Å². The quantitative estimate of drug-likeness (QED) is 0.139. The lowest BCUT2D eigenvalue weighted by atomic mass is 9.99. The minimum Gasteiger partial charge on any atom is -0.498 e. The summed E-state index contributed by atoms with van der Waals surface area (Å²) in [6.07, 6.45) is 19.2. The third kappa shape index (κ3) is 15.3. The molecule has 1 unspecified atom stereocenters. The Balaban J connectivity index is 0.000000403. The van der Waals surface area contributed by atoms with Crippen LogP contribution in [0.15, 0.2) is 70.6 Å². The first-order valence-corrected chi connectivity index (χ1v) is 14.2. The summed E-state index contributed by atoms with van der Waals surface area (Å²) in [5.41, 5.74) is 15.1. The minimum absolute atomic E-state index is 0.210. The molecule has 0 bridgehead atoms. The highest BCUT2D eigenvalue weighted by Crippen LogP contribution is 2.24. The van der Waals surface area contributed by atoms with Crippen LogP contribution in [0, 0.1) is 5.92 Å². The van der Waals surface area contributed by atoms with Crippen LogP contribution in [0.3, 0.4) is 0 Å². The standard InChI is InChI=1S/C17H29N3O2.C14H23NO2/c1-5-6-16(18)13(3)20-14-8-7-12(2)17(9-14)22-11-15(21)10-19-4;1-2-12-7-9-13(10-8-12)17-11-5-3-4-6-14(15)16/h5-6,8-9,12,15,19-21H,7,10-11,18H2,1-4H3;7,9H,2-6,8,10-11H2,1H3,(H2,15,16)/b6-5-,16-13-;/t12?,15-;/m0./s1. The van der Waals surface area contributed by atoms with Gasteiger partial charge < -0.3 is 36.7 Å². The zero-order valence-electron chi connectivity index (χ0n) is 24.7. The van der Waals surface area contributed by atoms with Crippen molar-refractivity contribution in [3.8, 4) is 0 Å². The maximum atomic E-state index is 10.5. The van der Waals surface area contributed by atoms with Crippen LogP contribution in [0.5, 0.6) is 0 Å². The van der Waals surface area contributed by atoms with Gasteiger partial charge in [0, 0.05) is 36.7 Å². The second-order valence-corrected chi connectivity index (χ2v) is 10.0. The number of unbranched alkanes of at least 4 members (excludes halogenated alkanes) is 2. The van der Waals surface area contributed by atoms with E-state index in [0.29, 0.717) is 31.2 Å². The second kappa shape index (κ2) is 20.0. The van der Waals surface area contributed by atoms with Crippen LogP contribution in [0.25, 0.3) is 0 Å². The molecule has 0 aliphatic heterocycles. The molecule has 8 heteroatoms. The number of aliphatic hydroxyl groups excluding tert-OH is 1. The van der Waals surface area contributed by atoms with Crippen LogP contribution in [0.4, 0.5) is 0 Å². The molecule has 2 rings (SSSR count). The summed E-state index contributed by atoms with van der Waals surface area (Å²) in [6.45, 7) is 9.73. The fourth-order valence-corrected chi connectivity index (χ4v) is 3.98. The number of amides is 1. The molecule has 1 amide bonds. The van der Waals surface area contributed by atoms with E-state index in [0.717, 1.165) is 74.5 Å². The molecule has 0 heterocycles. The largest absolute Gasteiger partial charge is 0.498 e. The van der Waals surface area contributed by atoms with E-state index in [1.54, 1.807) is 7.05 Å². The molecule has 0 fully saturated rings. The van der Waals surface area contributed by atoms with Crippen molar-refractivity contribution in [1.29, 1.82) is 0 Å². The Bertz CT molecular complexity index is 931. The number of hydrogen-bond acceptors (Lipinski definition) is 7. The molecule has 2 aliphatic rings. The lowest BCUT2D eigenvalue weighted by molar-refractivity contribution is -0.118. The molecule has 0 aromatic rings. The summed E-state index contributed by atoms with van der Waals surface area (Å²) >= 11 is 0. The Morgan fingerprint density at radius 1 is 1.21 bits per heavy atom. The van der Waals surface area contributed by atoms with Gasteiger partial charge in [-0.1, -0.05) is 37.6 Å². The lowest BCUT2D eigenvalue weighted by Crippen LogP contribution is -2.28. The lowest BCUT2D eigenvalue weighted by Gasteiger charge is -2.23. The number of rotatable bonds is 16. The van der Waals surface area contributed by atoms with Gasteiger partial charge in [-0.3, -0.25) is 4.79 Å². The molecule has 0 radical (unpaired) electrons. The van der Waals surface area contributed by atoms with E-state index in [9.17, 15) is 9.90 Å². The van der Waals surface area contributed by atoms with Crippen molar-refractivity contribution in [2.75, 3.05) is 26.8 Å².